The van der Waals surface area contributed by atoms with E-state index in [1.165, 1.54) is 24.0 Å². The minimum Gasteiger partial charge on any atom is -0.493 e. The van der Waals surface area contributed by atoms with E-state index in [-0.39, 0.29) is 0 Å². The molecule has 1 aromatic heterocycles. The van der Waals surface area contributed by atoms with E-state index in [0.29, 0.717) is 6.04 Å². The Morgan fingerprint density at radius 2 is 2.14 bits per heavy atom. The van der Waals surface area contributed by atoms with Crippen molar-refractivity contribution < 1.29 is 4.74 Å². The predicted molar refractivity (Wildman–Crippen MR) is 86.4 cm³/mol. The molecule has 2 aromatic rings. The van der Waals surface area contributed by atoms with Gasteiger partial charge in [0.2, 0.25) is 0 Å². The van der Waals surface area contributed by atoms with Crippen LogP contribution in [0.5, 0.6) is 5.75 Å². The van der Waals surface area contributed by atoms with E-state index in [9.17, 15) is 0 Å². The number of nitrogens with zero attached hydrogens (tertiary/aromatic N) is 3. The number of ether oxygens (including phenoxy) is 1. The molecule has 3 heterocycles. The van der Waals surface area contributed by atoms with Crippen molar-refractivity contribution in [3.05, 3.63) is 47.0 Å². The molecule has 0 radical (unpaired) electrons. The van der Waals surface area contributed by atoms with Crippen LogP contribution in [0, 0.1) is 0 Å². The molecule has 1 fully saturated rings. The van der Waals surface area contributed by atoms with Gasteiger partial charge in [-0.05, 0) is 30.5 Å². The molecule has 0 unspecified atom stereocenters. The number of halogens is 1. The number of benzene rings is 1. The fraction of sp³-hybridized carbons (Fsp3) is 0.471. The van der Waals surface area contributed by atoms with Crippen LogP contribution in [0.25, 0.3) is 0 Å². The van der Waals surface area contributed by atoms with Crippen LogP contribution in [-0.2, 0) is 13.0 Å². The van der Waals surface area contributed by atoms with Gasteiger partial charge < -0.3 is 9.30 Å². The summed E-state index contributed by atoms with van der Waals surface area (Å²) < 4.78 is 8.04. The third kappa shape index (κ3) is 2.73. The van der Waals surface area contributed by atoms with Gasteiger partial charge in [-0.2, -0.15) is 0 Å². The standard InChI is InChI=1S/C17H20ClN3O/c18-15-9-13-3-8-22-17(13)14(10-15)11-20-5-1-16(2-6-20)21-7-4-19-12-21/h4,7,9-10,12,16H,1-3,5-6,8,11H2. The van der Waals surface area contributed by atoms with E-state index >= 15 is 0 Å². The molecule has 0 spiro atoms. The number of likely N-dealkylation sites (tertiary alicyclic amines) is 1. The minimum atomic E-state index is 0.583. The van der Waals surface area contributed by atoms with Crippen LogP contribution in [-0.4, -0.2) is 34.1 Å². The SMILES string of the molecule is Clc1cc2c(c(CN3CCC(n4ccnc4)CC3)c1)OCC2. The van der Waals surface area contributed by atoms with Crippen molar-refractivity contribution in [2.75, 3.05) is 19.7 Å². The Bertz CT molecular complexity index is 648. The molecule has 2 aliphatic heterocycles. The van der Waals surface area contributed by atoms with Gasteiger partial charge in [0.05, 0.1) is 12.9 Å². The van der Waals surface area contributed by atoms with E-state index in [1.807, 2.05) is 18.6 Å². The Morgan fingerprint density at radius 3 is 2.91 bits per heavy atom. The summed E-state index contributed by atoms with van der Waals surface area (Å²) in [4.78, 5) is 6.65. The van der Waals surface area contributed by atoms with Gasteiger partial charge in [-0.15, -0.1) is 0 Å². The molecular formula is C17H20ClN3O. The molecular weight excluding hydrogens is 298 g/mol. The highest BCUT2D eigenvalue weighted by Crippen LogP contribution is 2.34. The van der Waals surface area contributed by atoms with Crippen LogP contribution in [0.1, 0.15) is 30.0 Å². The lowest BCUT2D eigenvalue weighted by molar-refractivity contribution is 0.177. The van der Waals surface area contributed by atoms with Gasteiger partial charge in [-0.25, -0.2) is 4.98 Å². The Hall–Kier alpha value is -1.52. The predicted octanol–water partition coefficient (Wildman–Crippen LogP) is 3.31. The average Bonchev–Trinajstić information content (AvgIpc) is 3.18. The summed E-state index contributed by atoms with van der Waals surface area (Å²) in [5, 5.41) is 0.826. The van der Waals surface area contributed by atoms with Crippen LogP contribution in [0.3, 0.4) is 0 Å². The Kier molecular flexibility index (Phi) is 3.80. The molecule has 116 valence electrons. The number of hydrogen-bond donors (Lipinski definition) is 0. The Morgan fingerprint density at radius 1 is 1.27 bits per heavy atom. The first-order valence-electron chi connectivity index (χ1n) is 7.93. The lowest BCUT2D eigenvalue weighted by Crippen LogP contribution is -2.34. The molecule has 1 saturated heterocycles. The van der Waals surface area contributed by atoms with E-state index in [1.54, 1.807) is 0 Å². The van der Waals surface area contributed by atoms with E-state index < -0.39 is 0 Å². The largest absolute Gasteiger partial charge is 0.493 e. The lowest BCUT2D eigenvalue weighted by Gasteiger charge is -2.32. The normalized spacial score (nSPS) is 19.1. The summed E-state index contributed by atoms with van der Waals surface area (Å²) in [5.74, 6) is 1.07. The minimum absolute atomic E-state index is 0.583. The van der Waals surface area contributed by atoms with Gasteiger partial charge in [0.25, 0.3) is 0 Å². The molecule has 5 heteroatoms. The van der Waals surface area contributed by atoms with Crippen LogP contribution in [0.15, 0.2) is 30.9 Å². The molecule has 22 heavy (non-hydrogen) atoms. The zero-order valence-corrected chi connectivity index (χ0v) is 13.3. The molecule has 2 aliphatic rings. The van der Waals surface area contributed by atoms with Gasteiger partial charge in [-0.3, -0.25) is 4.90 Å². The van der Waals surface area contributed by atoms with E-state index in [2.05, 4.69) is 26.7 Å². The molecule has 0 atom stereocenters. The Balaban J connectivity index is 1.43. The van der Waals surface area contributed by atoms with Crippen molar-refractivity contribution in [2.45, 2.75) is 31.8 Å². The number of aromatic nitrogens is 2. The van der Waals surface area contributed by atoms with Crippen molar-refractivity contribution in [3.8, 4) is 5.75 Å². The zero-order valence-electron chi connectivity index (χ0n) is 12.5. The van der Waals surface area contributed by atoms with Crippen LogP contribution in [0.2, 0.25) is 5.02 Å². The maximum atomic E-state index is 6.25. The molecule has 0 aliphatic carbocycles. The summed E-state index contributed by atoms with van der Waals surface area (Å²) in [6, 6.07) is 4.69. The van der Waals surface area contributed by atoms with E-state index in [0.717, 1.165) is 43.4 Å². The summed E-state index contributed by atoms with van der Waals surface area (Å²) in [6.45, 7) is 3.92. The lowest BCUT2D eigenvalue weighted by atomic mass is 10.0. The summed E-state index contributed by atoms with van der Waals surface area (Å²) in [7, 11) is 0. The smallest absolute Gasteiger partial charge is 0.127 e. The number of fused-ring (bicyclic) bond motifs is 1. The molecule has 4 rings (SSSR count). The first-order valence-corrected chi connectivity index (χ1v) is 8.31. The second-order valence-corrected chi connectivity index (χ2v) is 6.61. The van der Waals surface area contributed by atoms with Gasteiger partial charge in [0.15, 0.2) is 0 Å². The fourth-order valence-corrected chi connectivity index (χ4v) is 3.83. The number of piperidine rings is 1. The molecule has 4 nitrogen and oxygen atoms in total. The quantitative estimate of drug-likeness (QED) is 0.870. The van der Waals surface area contributed by atoms with Gasteiger partial charge in [-0.1, -0.05) is 11.6 Å². The monoisotopic (exact) mass is 317 g/mol. The second kappa shape index (κ2) is 5.94. The van der Waals surface area contributed by atoms with Crippen LogP contribution >= 0.6 is 11.6 Å². The number of hydrogen-bond acceptors (Lipinski definition) is 3. The first kappa shape index (κ1) is 14.1. The average molecular weight is 318 g/mol. The van der Waals surface area contributed by atoms with E-state index in [4.69, 9.17) is 16.3 Å². The van der Waals surface area contributed by atoms with Gasteiger partial charge in [0, 0.05) is 55.1 Å². The summed E-state index contributed by atoms with van der Waals surface area (Å²) in [6.07, 6.45) is 9.17. The zero-order chi connectivity index (χ0) is 14.9. The molecule has 0 N–H and O–H groups in total. The van der Waals surface area contributed by atoms with Crippen LogP contribution in [0.4, 0.5) is 0 Å². The second-order valence-electron chi connectivity index (χ2n) is 6.17. The van der Waals surface area contributed by atoms with Crippen molar-refractivity contribution in [3.63, 3.8) is 0 Å². The maximum absolute atomic E-state index is 6.25. The van der Waals surface area contributed by atoms with Crippen molar-refractivity contribution in [2.24, 2.45) is 0 Å². The Labute approximate surface area is 135 Å². The topological polar surface area (TPSA) is 30.3 Å². The van der Waals surface area contributed by atoms with Gasteiger partial charge in [0.1, 0.15) is 5.75 Å². The third-order valence-electron chi connectivity index (χ3n) is 4.72. The fourth-order valence-electron chi connectivity index (χ4n) is 3.57. The third-order valence-corrected chi connectivity index (χ3v) is 4.94. The highest BCUT2D eigenvalue weighted by atomic mass is 35.5. The molecule has 0 saturated carbocycles. The van der Waals surface area contributed by atoms with Gasteiger partial charge >= 0.3 is 0 Å². The first-order chi connectivity index (χ1) is 10.8. The number of rotatable bonds is 3. The van der Waals surface area contributed by atoms with Crippen molar-refractivity contribution in [1.29, 1.82) is 0 Å². The highest BCUT2D eigenvalue weighted by Gasteiger charge is 2.23. The highest BCUT2D eigenvalue weighted by molar-refractivity contribution is 6.30. The molecule has 0 bridgehead atoms. The van der Waals surface area contributed by atoms with Crippen LogP contribution < -0.4 is 4.74 Å². The molecule has 1 aromatic carbocycles. The summed E-state index contributed by atoms with van der Waals surface area (Å²) >= 11 is 6.25. The summed E-state index contributed by atoms with van der Waals surface area (Å²) in [5.41, 5.74) is 2.50. The maximum Gasteiger partial charge on any atom is 0.127 e. The van der Waals surface area contributed by atoms with Crippen molar-refractivity contribution >= 4 is 11.6 Å². The van der Waals surface area contributed by atoms with Crippen molar-refractivity contribution in [1.82, 2.24) is 14.5 Å². The number of imidazole rings is 1. The molecule has 0 amide bonds.